The molecule has 0 aliphatic carbocycles. The fourth-order valence-electron chi connectivity index (χ4n) is 3.65. The first-order valence-electron chi connectivity index (χ1n) is 9.45. The van der Waals surface area contributed by atoms with Crippen LogP contribution in [0.25, 0.3) is 0 Å². The SMILES string of the molecule is CC(=O)Nc1ccc(S(=O)(=O)N2CCC(C(=O)N[C@H]3CCS(=O)(=O)C3)CC2)cc1. The molecule has 2 amide bonds. The van der Waals surface area contributed by atoms with Crippen LogP contribution < -0.4 is 10.6 Å². The average molecular weight is 444 g/mol. The molecular weight excluding hydrogens is 418 g/mol. The van der Waals surface area contributed by atoms with Crippen molar-refractivity contribution in [1.82, 2.24) is 9.62 Å². The summed E-state index contributed by atoms with van der Waals surface area (Å²) in [4.78, 5) is 23.6. The lowest BCUT2D eigenvalue weighted by atomic mass is 9.97. The molecule has 2 saturated heterocycles. The molecule has 3 rings (SSSR count). The van der Waals surface area contributed by atoms with Gasteiger partial charge in [0.1, 0.15) is 0 Å². The highest BCUT2D eigenvalue weighted by atomic mass is 32.2. The van der Waals surface area contributed by atoms with Crippen LogP contribution in [-0.2, 0) is 29.4 Å². The van der Waals surface area contributed by atoms with Gasteiger partial charge in [-0.2, -0.15) is 4.31 Å². The number of carbonyl (C=O) groups excluding carboxylic acids is 2. The second-order valence-electron chi connectivity index (χ2n) is 7.49. The topological polar surface area (TPSA) is 130 Å². The zero-order valence-electron chi connectivity index (χ0n) is 16.1. The first kappa shape index (κ1) is 21.7. The van der Waals surface area contributed by atoms with Gasteiger partial charge in [-0.25, -0.2) is 16.8 Å². The molecule has 2 fully saturated rings. The summed E-state index contributed by atoms with van der Waals surface area (Å²) in [7, 11) is -6.75. The summed E-state index contributed by atoms with van der Waals surface area (Å²) in [6.45, 7) is 1.81. The van der Waals surface area contributed by atoms with Gasteiger partial charge in [-0.05, 0) is 43.5 Å². The Labute approximate surface area is 170 Å². The maximum atomic E-state index is 12.8. The molecule has 29 heavy (non-hydrogen) atoms. The normalized spacial score (nSPS) is 22.9. The van der Waals surface area contributed by atoms with Gasteiger partial charge >= 0.3 is 0 Å². The van der Waals surface area contributed by atoms with Gasteiger partial charge in [0.25, 0.3) is 0 Å². The summed E-state index contributed by atoms with van der Waals surface area (Å²) in [6.07, 6.45) is 1.19. The predicted molar refractivity (Wildman–Crippen MR) is 107 cm³/mol. The largest absolute Gasteiger partial charge is 0.352 e. The third kappa shape index (κ3) is 5.34. The van der Waals surface area contributed by atoms with Crippen molar-refractivity contribution in [2.45, 2.75) is 37.1 Å². The van der Waals surface area contributed by atoms with E-state index in [9.17, 15) is 26.4 Å². The molecule has 1 atom stereocenters. The zero-order valence-corrected chi connectivity index (χ0v) is 17.8. The summed E-state index contributed by atoms with van der Waals surface area (Å²) in [5, 5.41) is 5.38. The lowest BCUT2D eigenvalue weighted by molar-refractivity contribution is -0.126. The molecule has 0 unspecified atom stereocenters. The Balaban J connectivity index is 1.56. The standard InChI is InChI=1S/C18H25N3O6S2/c1-13(22)19-15-2-4-17(5-3-15)29(26,27)21-9-6-14(7-10-21)18(23)20-16-8-11-28(24,25)12-16/h2-5,14,16H,6-12H2,1H3,(H,19,22)(H,20,23)/t16-/m0/s1. The smallest absolute Gasteiger partial charge is 0.243 e. The van der Waals surface area contributed by atoms with Crippen LogP contribution in [0.1, 0.15) is 26.2 Å². The van der Waals surface area contributed by atoms with E-state index >= 15 is 0 Å². The Bertz CT molecular complexity index is 981. The highest BCUT2D eigenvalue weighted by Crippen LogP contribution is 2.25. The Morgan fingerprint density at radius 1 is 1.07 bits per heavy atom. The molecule has 0 bridgehead atoms. The number of nitrogens with zero attached hydrogens (tertiary/aromatic N) is 1. The maximum absolute atomic E-state index is 12.8. The van der Waals surface area contributed by atoms with Crippen molar-refractivity contribution in [2.24, 2.45) is 5.92 Å². The number of piperidine rings is 1. The molecule has 1 aromatic rings. The molecule has 0 aromatic heterocycles. The minimum absolute atomic E-state index is 0.0273. The minimum atomic E-state index is -3.68. The van der Waals surface area contributed by atoms with E-state index in [2.05, 4.69) is 10.6 Å². The van der Waals surface area contributed by atoms with Crippen molar-refractivity contribution >= 4 is 37.4 Å². The summed E-state index contributed by atoms with van der Waals surface area (Å²) in [5.41, 5.74) is 0.515. The Morgan fingerprint density at radius 3 is 2.21 bits per heavy atom. The molecule has 0 saturated carbocycles. The van der Waals surface area contributed by atoms with E-state index in [-0.39, 0.29) is 53.3 Å². The van der Waals surface area contributed by atoms with Crippen LogP contribution in [0.3, 0.4) is 0 Å². The molecule has 2 heterocycles. The fourth-order valence-corrected chi connectivity index (χ4v) is 6.79. The van der Waals surface area contributed by atoms with E-state index in [0.29, 0.717) is 24.9 Å². The van der Waals surface area contributed by atoms with Crippen LogP contribution in [-0.4, -0.2) is 63.6 Å². The molecule has 11 heteroatoms. The van der Waals surface area contributed by atoms with Crippen LogP contribution in [0, 0.1) is 5.92 Å². The lowest BCUT2D eigenvalue weighted by Gasteiger charge is -2.31. The third-order valence-corrected chi connectivity index (χ3v) is 8.90. The number of sulfonamides is 1. The van der Waals surface area contributed by atoms with Gasteiger partial charge < -0.3 is 10.6 Å². The van der Waals surface area contributed by atoms with E-state index in [1.807, 2.05) is 0 Å². The summed E-state index contributed by atoms with van der Waals surface area (Å²) < 4.78 is 50.0. The van der Waals surface area contributed by atoms with Crippen molar-refractivity contribution in [3.8, 4) is 0 Å². The van der Waals surface area contributed by atoms with Crippen LogP contribution in [0.5, 0.6) is 0 Å². The number of hydrogen-bond donors (Lipinski definition) is 2. The van der Waals surface area contributed by atoms with Gasteiger partial charge in [-0.3, -0.25) is 9.59 Å². The first-order valence-corrected chi connectivity index (χ1v) is 12.7. The molecule has 2 N–H and O–H groups in total. The molecule has 9 nitrogen and oxygen atoms in total. The lowest BCUT2D eigenvalue weighted by Crippen LogP contribution is -2.45. The number of rotatable bonds is 5. The van der Waals surface area contributed by atoms with Crippen LogP contribution in [0.4, 0.5) is 5.69 Å². The number of hydrogen-bond acceptors (Lipinski definition) is 6. The number of anilines is 1. The highest BCUT2D eigenvalue weighted by Gasteiger charge is 2.34. The molecular formula is C18H25N3O6S2. The van der Waals surface area contributed by atoms with E-state index < -0.39 is 19.9 Å². The van der Waals surface area contributed by atoms with Crippen LogP contribution >= 0.6 is 0 Å². The van der Waals surface area contributed by atoms with Crippen molar-refractivity contribution in [3.05, 3.63) is 24.3 Å². The minimum Gasteiger partial charge on any atom is -0.352 e. The zero-order chi connectivity index (χ0) is 21.2. The predicted octanol–water partition coefficient (Wildman–Crippen LogP) is 0.349. The fraction of sp³-hybridized carbons (Fsp3) is 0.556. The number of benzene rings is 1. The number of amides is 2. The number of sulfone groups is 1. The van der Waals surface area contributed by atoms with Gasteiger partial charge in [0.05, 0.1) is 16.4 Å². The first-order chi connectivity index (χ1) is 13.6. The summed E-state index contributed by atoms with van der Waals surface area (Å²) in [6, 6.07) is 5.60. The molecule has 0 spiro atoms. The second-order valence-corrected chi connectivity index (χ2v) is 11.7. The molecule has 2 aliphatic rings. The van der Waals surface area contributed by atoms with Gasteiger partial charge in [0, 0.05) is 37.7 Å². The van der Waals surface area contributed by atoms with Crippen LogP contribution in [0.15, 0.2) is 29.2 Å². The van der Waals surface area contributed by atoms with E-state index in [1.54, 1.807) is 0 Å². The van der Waals surface area contributed by atoms with E-state index in [4.69, 9.17) is 0 Å². The van der Waals surface area contributed by atoms with E-state index in [1.165, 1.54) is 35.5 Å². The number of carbonyl (C=O) groups is 2. The molecule has 1 aromatic carbocycles. The molecule has 2 aliphatic heterocycles. The average Bonchev–Trinajstić information content (AvgIpc) is 3.00. The Kier molecular flexibility index (Phi) is 6.30. The Morgan fingerprint density at radius 2 is 1.69 bits per heavy atom. The van der Waals surface area contributed by atoms with Crippen molar-refractivity contribution < 1.29 is 26.4 Å². The van der Waals surface area contributed by atoms with Gasteiger partial charge in [-0.1, -0.05) is 0 Å². The van der Waals surface area contributed by atoms with Gasteiger partial charge in [0.2, 0.25) is 21.8 Å². The van der Waals surface area contributed by atoms with Gasteiger partial charge in [0.15, 0.2) is 9.84 Å². The van der Waals surface area contributed by atoms with Crippen molar-refractivity contribution in [2.75, 3.05) is 29.9 Å². The summed E-state index contributed by atoms with van der Waals surface area (Å²) >= 11 is 0. The second kappa shape index (κ2) is 8.41. The van der Waals surface area contributed by atoms with E-state index in [0.717, 1.165) is 0 Å². The maximum Gasteiger partial charge on any atom is 0.243 e. The summed E-state index contributed by atoms with van der Waals surface area (Å²) in [5.74, 6) is -0.706. The van der Waals surface area contributed by atoms with Crippen molar-refractivity contribution in [1.29, 1.82) is 0 Å². The molecule has 160 valence electrons. The van der Waals surface area contributed by atoms with Gasteiger partial charge in [-0.15, -0.1) is 0 Å². The highest BCUT2D eigenvalue weighted by molar-refractivity contribution is 7.91. The quantitative estimate of drug-likeness (QED) is 0.675. The third-order valence-electron chi connectivity index (χ3n) is 5.22. The van der Waals surface area contributed by atoms with Crippen molar-refractivity contribution in [3.63, 3.8) is 0 Å². The monoisotopic (exact) mass is 443 g/mol. The van der Waals surface area contributed by atoms with Crippen LogP contribution in [0.2, 0.25) is 0 Å². The molecule has 0 radical (unpaired) electrons. The number of nitrogens with one attached hydrogen (secondary N) is 2. The Hall–Kier alpha value is -1.98.